The van der Waals surface area contributed by atoms with Gasteiger partial charge in [0.15, 0.2) is 5.41 Å². The molecule has 1 aromatic carbocycles. The van der Waals surface area contributed by atoms with E-state index in [0.717, 1.165) is 5.56 Å². The maximum Gasteiger partial charge on any atom is 0.321 e. The zero-order valence-corrected chi connectivity index (χ0v) is 9.71. The van der Waals surface area contributed by atoms with Crippen molar-refractivity contribution < 1.29 is 18.7 Å². The number of carboxylic acid groups (broad SMARTS) is 1. The summed E-state index contributed by atoms with van der Waals surface area (Å²) in [4.78, 5) is 11.2. The monoisotopic (exact) mass is 243 g/mol. The average Bonchev–Trinajstić information content (AvgIpc) is 2.19. The number of halogens is 2. The first-order valence-electron chi connectivity index (χ1n) is 5.14. The van der Waals surface area contributed by atoms with Crippen molar-refractivity contribution in [3.8, 4) is 0 Å². The van der Waals surface area contributed by atoms with Crippen molar-refractivity contribution in [1.29, 1.82) is 0 Å². The van der Waals surface area contributed by atoms with Crippen LogP contribution in [0.2, 0.25) is 0 Å². The summed E-state index contributed by atoms with van der Waals surface area (Å²) in [7, 11) is 0. The Labute approximate surface area is 98.2 Å². The summed E-state index contributed by atoms with van der Waals surface area (Å²) in [5, 5.41) is 9.12. The van der Waals surface area contributed by atoms with Crippen molar-refractivity contribution >= 4 is 5.97 Å². The van der Waals surface area contributed by atoms with Gasteiger partial charge in [0.05, 0.1) is 0 Å². The second-order valence-electron chi connectivity index (χ2n) is 4.17. The van der Waals surface area contributed by atoms with E-state index in [1.807, 2.05) is 0 Å². The zero-order chi connectivity index (χ0) is 13.3. The minimum atomic E-state index is -3.44. The third kappa shape index (κ3) is 2.15. The van der Waals surface area contributed by atoms with Gasteiger partial charge in [0.2, 0.25) is 0 Å². The van der Waals surface area contributed by atoms with Crippen LogP contribution >= 0.6 is 0 Å². The molecular weight excluding hydrogens is 228 g/mol. The largest absolute Gasteiger partial charge is 0.480 e. The number of carbonyl (C=O) groups is 1. The van der Waals surface area contributed by atoms with Crippen LogP contribution in [0.25, 0.3) is 0 Å². The standard InChI is InChI=1S/C12H15F2NO2/c1-8-3-5-9(6-4-8)12(7-15,10(16)17)11(2,13)14/h3-6H,7,15H2,1-2H3,(H,16,17). The van der Waals surface area contributed by atoms with Crippen LogP contribution in [0.5, 0.6) is 0 Å². The predicted molar refractivity (Wildman–Crippen MR) is 60.2 cm³/mol. The molecule has 1 atom stereocenters. The highest BCUT2D eigenvalue weighted by molar-refractivity contribution is 5.83. The van der Waals surface area contributed by atoms with E-state index >= 15 is 0 Å². The number of aliphatic carboxylic acids is 1. The first-order chi connectivity index (χ1) is 7.75. The Morgan fingerprint density at radius 3 is 2.12 bits per heavy atom. The van der Waals surface area contributed by atoms with Gasteiger partial charge < -0.3 is 10.8 Å². The van der Waals surface area contributed by atoms with E-state index in [0.29, 0.717) is 6.92 Å². The van der Waals surface area contributed by atoms with Gasteiger partial charge in [0.1, 0.15) is 0 Å². The lowest BCUT2D eigenvalue weighted by molar-refractivity contribution is -0.159. The smallest absolute Gasteiger partial charge is 0.321 e. The van der Waals surface area contributed by atoms with E-state index in [1.165, 1.54) is 12.1 Å². The molecule has 1 rings (SSSR count). The average molecular weight is 243 g/mol. The van der Waals surface area contributed by atoms with E-state index in [9.17, 15) is 13.6 Å². The molecule has 0 saturated carbocycles. The van der Waals surface area contributed by atoms with Gasteiger partial charge in [-0.25, -0.2) is 8.78 Å². The number of rotatable bonds is 4. The number of benzene rings is 1. The molecule has 0 heterocycles. The molecule has 0 fully saturated rings. The molecule has 3 nitrogen and oxygen atoms in total. The van der Waals surface area contributed by atoms with Crippen LogP contribution in [-0.4, -0.2) is 23.5 Å². The second-order valence-corrected chi connectivity index (χ2v) is 4.17. The first-order valence-corrected chi connectivity index (χ1v) is 5.14. The number of carboxylic acids is 1. The minimum absolute atomic E-state index is 0.0191. The van der Waals surface area contributed by atoms with Crippen LogP contribution in [0, 0.1) is 6.92 Å². The quantitative estimate of drug-likeness (QED) is 0.849. The van der Waals surface area contributed by atoms with E-state index in [2.05, 4.69) is 0 Å². The summed E-state index contributed by atoms with van der Waals surface area (Å²) in [6, 6.07) is 5.95. The van der Waals surface area contributed by atoms with E-state index < -0.39 is 23.9 Å². The van der Waals surface area contributed by atoms with Crippen molar-refractivity contribution in [2.24, 2.45) is 5.73 Å². The van der Waals surface area contributed by atoms with E-state index in [-0.39, 0.29) is 5.56 Å². The Balaban J connectivity index is 3.43. The number of nitrogens with two attached hydrogens (primary N) is 1. The van der Waals surface area contributed by atoms with Crippen LogP contribution in [-0.2, 0) is 10.2 Å². The Morgan fingerprint density at radius 1 is 1.35 bits per heavy atom. The molecule has 94 valence electrons. The first kappa shape index (κ1) is 13.6. The maximum atomic E-state index is 13.6. The van der Waals surface area contributed by atoms with Gasteiger partial charge in [-0.15, -0.1) is 0 Å². The third-order valence-corrected chi connectivity index (χ3v) is 2.97. The summed E-state index contributed by atoms with van der Waals surface area (Å²) in [6.07, 6.45) is 0. The van der Waals surface area contributed by atoms with Gasteiger partial charge >= 0.3 is 5.97 Å². The maximum absolute atomic E-state index is 13.6. The lowest BCUT2D eigenvalue weighted by Crippen LogP contribution is -2.55. The molecule has 1 aromatic rings. The Bertz CT molecular complexity index is 412. The normalized spacial score (nSPS) is 15.4. The molecule has 0 saturated heterocycles. The predicted octanol–water partition coefficient (Wildman–Crippen LogP) is 1.93. The lowest BCUT2D eigenvalue weighted by Gasteiger charge is -2.34. The fourth-order valence-corrected chi connectivity index (χ4v) is 1.79. The molecule has 0 aliphatic heterocycles. The number of alkyl halides is 2. The molecule has 3 N–H and O–H groups in total. The highest BCUT2D eigenvalue weighted by Crippen LogP contribution is 2.39. The van der Waals surface area contributed by atoms with Crippen LogP contribution < -0.4 is 5.73 Å². The van der Waals surface area contributed by atoms with Crippen molar-refractivity contribution in [2.45, 2.75) is 25.2 Å². The van der Waals surface area contributed by atoms with E-state index in [1.54, 1.807) is 19.1 Å². The molecule has 0 amide bonds. The van der Waals surface area contributed by atoms with Crippen molar-refractivity contribution in [2.75, 3.05) is 6.54 Å². The van der Waals surface area contributed by atoms with Gasteiger partial charge in [-0.2, -0.15) is 0 Å². The molecule has 0 radical (unpaired) electrons. The number of hydrogen-bond acceptors (Lipinski definition) is 2. The SMILES string of the molecule is Cc1ccc(C(CN)(C(=O)O)C(C)(F)F)cc1. The van der Waals surface area contributed by atoms with Crippen molar-refractivity contribution in [3.63, 3.8) is 0 Å². The van der Waals surface area contributed by atoms with Crippen LogP contribution in [0.3, 0.4) is 0 Å². The summed E-state index contributed by atoms with van der Waals surface area (Å²) >= 11 is 0. The highest BCUT2D eigenvalue weighted by Gasteiger charge is 2.56. The molecule has 5 heteroatoms. The topological polar surface area (TPSA) is 63.3 Å². The van der Waals surface area contributed by atoms with Crippen molar-refractivity contribution in [3.05, 3.63) is 35.4 Å². The van der Waals surface area contributed by atoms with Crippen molar-refractivity contribution in [1.82, 2.24) is 0 Å². The van der Waals surface area contributed by atoms with Gasteiger partial charge in [-0.1, -0.05) is 29.8 Å². The molecule has 17 heavy (non-hydrogen) atoms. The molecule has 0 aromatic heterocycles. The number of hydrogen-bond donors (Lipinski definition) is 2. The third-order valence-electron chi connectivity index (χ3n) is 2.97. The van der Waals surface area contributed by atoms with Gasteiger partial charge in [-0.3, -0.25) is 4.79 Å². The number of aryl methyl sites for hydroxylation is 1. The van der Waals surface area contributed by atoms with Gasteiger partial charge in [-0.05, 0) is 12.5 Å². The highest BCUT2D eigenvalue weighted by atomic mass is 19.3. The zero-order valence-electron chi connectivity index (χ0n) is 9.71. The second kappa shape index (κ2) is 4.41. The Morgan fingerprint density at radius 2 is 1.82 bits per heavy atom. The molecule has 0 bridgehead atoms. The molecule has 0 aliphatic carbocycles. The Hall–Kier alpha value is -1.49. The summed E-state index contributed by atoms with van der Waals surface area (Å²) in [6.45, 7) is 1.71. The molecule has 0 aliphatic rings. The summed E-state index contributed by atoms with van der Waals surface area (Å²) in [5.41, 5.74) is 3.81. The summed E-state index contributed by atoms with van der Waals surface area (Å²) < 4.78 is 27.2. The van der Waals surface area contributed by atoms with Gasteiger partial charge in [0, 0.05) is 13.5 Å². The molecular formula is C12H15F2NO2. The van der Waals surface area contributed by atoms with Crippen LogP contribution in [0.1, 0.15) is 18.1 Å². The van der Waals surface area contributed by atoms with Gasteiger partial charge in [0.25, 0.3) is 5.92 Å². The van der Waals surface area contributed by atoms with E-state index in [4.69, 9.17) is 10.8 Å². The Kier molecular flexibility index (Phi) is 3.52. The minimum Gasteiger partial charge on any atom is -0.480 e. The van der Waals surface area contributed by atoms with Crippen LogP contribution in [0.4, 0.5) is 8.78 Å². The summed E-state index contributed by atoms with van der Waals surface area (Å²) in [5.74, 6) is -5.06. The molecule has 0 spiro atoms. The fraction of sp³-hybridized carbons (Fsp3) is 0.417. The lowest BCUT2D eigenvalue weighted by atomic mass is 9.75. The molecule has 1 unspecified atom stereocenters. The fourth-order valence-electron chi connectivity index (χ4n) is 1.79. The van der Waals surface area contributed by atoms with Crippen LogP contribution in [0.15, 0.2) is 24.3 Å².